The molecule has 1 saturated heterocycles. The molecule has 0 radical (unpaired) electrons. The molecular weight excluding hydrogens is 198 g/mol. The van der Waals surface area contributed by atoms with Crippen molar-refractivity contribution in [3.63, 3.8) is 0 Å². The Hall–Kier alpha value is -1.02. The molecular formula is C14H19NO. The topological polar surface area (TPSA) is 23.5 Å². The van der Waals surface area contributed by atoms with Gasteiger partial charge in [0.05, 0.1) is 0 Å². The number of nitrogens with zero attached hydrogens (tertiary/aromatic N) is 1. The summed E-state index contributed by atoms with van der Waals surface area (Å²) in [5, 5.41) is 9.83. The highest BCUT2D eigenvalue weighted by atomic mass is 16.3. The van der Waals surface area contributed by atoms with Crippen molar-refractivity contribution >= 4 is 0 Å². The van der Waals surface area contributed by atoms with Crippen molar-refractivity contribution in [3.05, 3.63) is 29.3 Å². The summed E-state index contributed by atoms with van der Waals surface area (Å²) in [5.74, 6) is 0.497. The fourth-order valence-electron chi connectivity index (χ4n) is 3.22. The van der Waals surface area contributed by atoms with Crippen molar-refractivity contribution < 1.29 is 5.11 Å². The predicted molar refractivity (Wildman–Crippen MR) is 64.6 cm³/mol. The average molecular weight is 217 g/mol. The highest BCUT2D eigenvalue weighted by molar-refractivity contribution is 5.44. The van der Waals surface area contributed by atoms with Crippen LogP contribution in [0.5, 0.6) is 5.75 Å². The van der Waals surface area contributed by atoms with Gasteiger partial charge in [-0.1, -0.05) is 18.6 Å². The second-order valence-corrected chi connectivity index (χ2v) is 5.00. The molecule has 1 fully saturated rings. The number of piperidine rings is 1. The van der Waals surface area contributed by atoms with Crippen molar-refractivity contribution in [2.75, 3.05) is 13.1 Å². The maximum Gasteiger partial charge on any atom is 0.119 e. The number of benzene rings is 1. The van der Waals surface area contributed by atoms with E-state index in [2.05, 4.69) is 11.0 Å². The van der Waals surface area contributed by atoms with Crippen LogP contribution in [0.3, 0.4) is 0 Å². The van der Waals surface area contributed by atoms with E-state index >= 15 is 0 Å². The van der Waals surface area contributed by atoms with Crippen molar-refractivity contribution in [2.45, 2.75) is 38.1 Å². The van der Waals surface area contributed by atoms with E-state index in [4.69, 9.17) is 0 Å². The lowest BCUT2D eigenvalue weighted by Crippen LogP contribution is -2.32. The van der Waals surface area contributed by atoms with E-state index in [0.29, 0.717) is 11.8 Å². The van der Waals surface area contributed by atoms with Gasteiger partial charge < -0.3 is 5.11 Å². The zero-order valence-electron chi connectivity index (χ0n) is 9.65. The third-order valence-electron chi connectivity index (χ3n) is 4.05. The quantitative estimate of drug-likeness (QED) is 0.782. The third kappa shape index (κ3) is 1.61. The van der Waals surface area contributed by atoms with E-state index in [1.54, 1.807) is 0 Å². The summed E-state index contributed by atoms with van der Waals surface area (Å²) in [6, 6.07) is 6.57. The highest BCUT2D eigenvalue weighted by Crippen LogP contribution is 2.40. The Balaban J connectivity index is 1.87. The van der Waals surface area contributed by atoms with Crippen LogP contribution in [-0.2, 0) is 6.42 Å². The van der Waals surface area contributed by atoms with E-state index < -0.39 is 0 Å². The summed E-state index contributed by atoms with van der Waals surface area (Å²) in [6.07, 6.45) is 6.29. The molecule has 86 valence electrons. The summed E-state index contributed by atoms with van der Waals surface area (Å²) in [7, 11) is 0. The maximum absolute atomic E-state index is 9.83. The number of phenols is 1. The van der Waals surface area contributed by atoms with Gasteiger partial charge in [0, 0.05) is 6.04 Å². The highest BCUT2D eigenvalue weighted by Gasteiger charge is 2.29. The zero-order valence-corrected chi connectivity index (χ0v) is 9.65. The van der Waals surface area contributed by atoms with Crippen molar-refractivity contribution in [1.82, 2.24) is 4.90 Å². The number of hydrogen-bond acceptors (Lipinski definition) is 2. The Morgan fingerprint density at radius 2 is 1.94 bits per heavy atom. The molecule has 3 rings (SSSR count). The largest absolute Gasteiger partial charge is 0.508 e. The Morgan fingerprint density at radius 1 is 1.12 bits per heavy atom. The first-order valence-corrected chi connectivity index (χ1v) is 6.41. The van der Waals surface area contributed by atoms with Gasteiger partial charge in [-0.25, -0.2) is 0 Å². The van der Waals surface area contributed by atoms with E-state index in [1.807, 2.05) is 12.1 Å². The number of likely N-dealkylation sites (tertiary alicyclic amines) is 1. The normalized spacial score (nSPS) is 25.6. The number of hydrogen-bond donors (Lipinski definition) is 1. The molecule has 1 N–H and O–H groups in total. The first-order chi connectivity index (χ1) is 7.86. The van der Waals surface area contributed by atoms with Gasteiger partial charge in [0.2, 0.25) is 0 Å². The second kappa shape index (κ2) is 4.10. The number of rotatable bonds is 1. The molecule has 0 saturated carbocycles. The van der Waals surface area contributed by atoms with Crippen LogP contribution in [0.1, 0.15) is 42.9 Å². The van der Waals surface area contributed by atoms with E-state index in [9.17, 15) is 5.11 Å². The van der Waals surface area contributed by atoms with E-state index in [1.165, 1.54) is 49.9 Å². The molecule has 0 aromatic heterocycles. The van der Waals surface area contributed by atoms with Crippen LogP contribution in [0, 0.1) is 0 Å². The minimum atomic E-state index is 0.497. The molecule has 0 amide bonds. The standard InChI is InChI=1S/C14H19NO/c16-14-6-4-5-11-12(14)7-8-13(11)15-9-2-1-3-10-15/h4-6,13,16H,1-3,7-10H2/t13-/m0/s1. The fourth-order valence-corrected chi connectivity index (χ4v) is 3.22. The van der Waals surface area contributed by atoms with Crippen molar-refractivity contribution in [2.24, 2.45) is 0 Å². The Kier molecular flexibility index (Phi) is 2.60. The van der Waals surface area contributed by atoms with Crippen molar-refractivity contribution in [1.29, 1.82) is 0 Å². The smallest absolute Gasteiger partial charge is 0.119 e. The third-order valence-corrected chi connectivity index (χ3v) is 4.05. The van der Waals surface area contributed by atoms with Gasteiger partial charge in [0.15, 0.2) is 0 Å². The zero-order chi connectivity index (χ0) is 11.0. The number of aromatic hydroxyl groups is 1. The monoisotopic (exact) mass is 217 g/mol. The van der Waals surface area contributed by atoms with Gasteiger partial charge >= 0.3 is 0 Å². The molecule has 2 aliphatic rings. The minimum Gasteiger partial charge on any atom is -0.508 e. The van der Waals surface area contributed by atoms with Gasteiger partial charge in [-0.15, -0.1) is 0 Å². The van der Waals surface area contributed by atoms with Crippen LogP contribution in [0.4, 0.5) is 0 Å². The van der Waals surface area contributed by atoms with E-state index in [-0.39, 0.29) is 0 Å². The summed E-state index contributed by atoms with van der Waals surface area (Å²) in [5.41, 5.74) is 2.57. The lowest BCUT2D eigenvalue weighted by molar-refractivity contribution is 0.163. The van der Waals surface area contributed by atoms with Gasteiger partial charge in [-0.3, -0.25) is 4.90 Å². The van der Waals surface area contributed by atoms with Gasteiger partial charge in [0.25, 0.3) is 0 Å². The minimum absolute atomic E-state index is 0.497. The Bertz CT molecular complexity index is 382. The van der Waals surface area contributed by atoms with Gasteiger partial charge in [-0.2, -0.15) is 0 Å². The van der Waals surface area contributed by atoms with Crippen LogP contribution >= 0.6 is 0 Å². The maximum atomic E-state index is 9.83. The lowest BCUT2D eigenvalue weighted by Gasteiger charge is -2.32. The second-order valence-electron chi connectivity index (χ2n) is 5.00. The summed E-state index contributed by atoms with van der Waals surface area (Å²) >= 11 is 0. The van der Waals surface area contributed by atoms with Crippen LogP contribution in [0.15, 0.2) is 18.2 Å². The average Bonchev–Trinajstić information content (AvgIpc) is 2.75. The van der Waals surface area contributed by atoms with Crippen LogP contribution in [-0.4, -0.2) is 23.1 Å². The molecule has 1 heterocycles. The molecule has 1 aliphatic heterocycles. The van der Waals surface area contributed by atoms with Crippen molar-refractivity contribution in [3.8, 4) is 5.75 Å². The summed E-state index contributed by atoms with van der Waals surface area (Å²) in [4.78, 5) is 2.61. The molecule has 1 aromatic carbocycles. The lowest BCUT2D eigenvalue weighted by atomic mass is 10.0. The van der Waals surface area contributed by atoms with Crippen LogP contribution in [0.2, 0.25) is 0 Å². The Morgan fingerprint density at radius 3 is 2.75 bits per heavy atom. The molecule has 2 nitrogen and oxygen atoms in total. The molecule has 2 heteroatoms. The molecule has 16 heavy (non-hydrogen) atoms. The molecule has 1 atom stereocenters. The molecule has 0 bridgehead atoms. The first-order valence-electron chi connectivity index (χ1n) is 6.41. The summed E-state index contributed by atoms with van der Waals surface area (Å²) < 4.78 is 0. The molecule has 1 aromatic rings. The first kappa shape index (κ1) is 10.2. The van der Waals surface area contributed by atoms with Crippen LogP contribution in [0.25, 0.3) is 0 Å². The Labute approximate surface area is 96.9 Å². The number of phenolic OH excluding ortho intramolecular Hbond substituents is 1. The van der Waals surface area contributed by atoms with E-state index in [0.717, 1.165) is 6.42 Å². The SMILES string of the molecule is Oc1cccc2c1CC[C@@H]2N1CCCCC1. The summed E-state index contributed by atoms with van der Waals surface area (Å²) in [6.45, 7) is 2.47. The fraction of sp³-hybridized carbons (Fsp3) is 0.571. The van der Waals surface area contributed by atoms with Crippen LogP contribution < -0.4 is 0 Å². The molecule has 0 spiro atoms. The molecule has 0 unspecified atom stereocenters. The van der Waals surface area contributed by atoms with Gasteiger partial charge in [-0.05, 0) is 56.0 Å². The number of fused-ring (bicyclic) bond motifs is 1. The molecule has 1 aliphatic carbocycles. The van der Waals surface area contributed by atoms with Gasteiger partial charge in [0.1, 0.15) is 5.75 Å². The predicted octanol–water partition coefficient (Wildman–Crippen LogP) is 2.87.